The summed E-state index contributed by atoms with van der Waals surface area (Å²) >= 11 is 0. The van der Waals surface area contributed by atoms with Gasteiger partial charge in [-0.2, -0.15) is 0 Å². The standard InChI is InChI=1S/C27H39N3O4S/c1-20(2)23-15-11-12-16-24(23)30(35(7,33)34)19-25(31)29(18-17-22-13-9-8-10-14-22)21(3)26(32)28-27(4,5)6/h8-16,20-21H,17-19H2,1-7H3,(H,28,32)/t21-/m0/s1. The van der Waals surface area contributed by atoms with Crippen LogP contribution in [0.25, 0.3) is 0 Å². The number of carbonyl (C=O) groups is 2. The topological polar surface area (TPSA) is 86.8 Å². The molecular weight excluding hydrogens is 462 g/mol. The van der Waals surface area contributed by atoms with E-state index in [2.05, 4.69) is 5.32 Å². The highest BCUT2D eigenvalue weighted by atomic mass is 32.2. The van der Waals surface area contributed by atoms with Gasteiger partial charge < -0.3 is 10.2 Å². The molecule has 2 amide bonds. The lowest BCUT2D eigenvalue weighted by Crippen LogP contribution is -2.55. The van der Waals surface area contributed by atoms with Crippen molar-refractivity contribution in [1.29, 1.82) is 0 Å². The molecule has 0 aliphatic heterocycles. The van der Waals surface area contributed by atoms with Crippen molar-refractivity contribution < 1.29 is 18.0 Å². The van der Waals surface area contributed by atoms with Crippen molar-refractivity contribution in [3.63, 3.8) is 0 Å². The van der Waals surface area contributed by atoms with E-state index in [4.69, 9.17) is 0 Å². The van der Waals surface area contributed by atoms with E-state index in [0.717, 1.165) is 21.7 Å². The van der Waals surface area contributed by atoms with Gasteiger partial charge in [-0.05, 0) is 57.2 Å². The summed E-state index contributed by atoms with van der Waals surface area (Å²) in [6, 6.07) is 16.1. The van der Waals surface area contributed by atoms with Crippen LogP contribution in [0.15, 0.2) is 54.6 Å². The Morgan fingerprint density at radius 1 is 0.943 bits per heavy atom. The highest BCUT2D eigenvalue weighted by Gasteiger charge is 2.31. The Hall–Kier alpha value is -2.87. The maximum Gasteiger partial charge on any atom is 0.244 e. The molecule has 0 aromatic heterocycles. The van der Waals surface area contributed by atoms with Crippen LogP contribution in [-0.4, -0.2) is 56.1 Å². The van der Waals surface area contributed by atoms with Gasteiger partial charge >= 0.3 is 0 Å². The number of benzene rings is 2. The van der Waals surface area contributed by atoms with Crippen molar-refractivity contribution >= 4 is 27.5 Å². The summed E-state index contributed by atoms with van der Waals surface area (Å²) in [5.41, 5.74) is 1.88. The third kappa shape index (κ3) is 8.38. The number of amides is 2. The van der Waals surface area contributed by atoms with Gasteiger partial charge in [-0.25, -0.2) is 8.42 Å². The molecule has 0 aliphatic rings. The second-order valence-corrected chi connectivity index (χ2v) is 12.1. The number of carbonyl (C=O) groups excluding carboxylic acids is 2. The molecule has 1 atom stereocenters. The number of hydrogen-bond donors (Lipinski definition) is 1. The number of sulfonamides is 1. The second kappa shape index (κ2) is 11.7. The quantitative estimate of drug-likeness (QED) is 0.534. The van der Waals surface area contributed by atoms with Gasteiger partial charge in [0.05, 0.1) is 11.9 Å². The predicted molar refractivity (Wildman–Crippen MR) is 142 cm³/mol. The minimum absolute atomic E-state index is 0.0659. The van der Waals surface area contributed by atoms with E-state index in [-0.39, 0.29) is 24.9 Å². The third-order valence-electron chi connectivity index (χ3n) is 5.66. The van der Waals surface area contributed by atoms with Gasteiger partial charge in [0.1, 0.15) is 12.6 Å². The lowest BCUT2D eigenvalue weighted by Gasteiger charge is -2.33. The van der Waals surface area contributed by atoms with Gasteiger partial charge in [0, 0.05) is 12.1 Å². The first kappa shape index (κ1) is 28.4. The van der Waals surface area contributed by atoms with Gasteiger partial charge in [-0.1, -0.05) is 62.4 Å². The summed E-state index contributed by atoms with van der Waals surface area (Å²) in [6.45, 7) is 11.2. The molecule has 0 saturated carbocycles. The Labute approximate surface area is 210 Å². The molecule has 8 heteroatoms. The molecule has 0 aliphatic carbocycles. The first-order valence-electron chi connectivity index (χ1n) is 11.9. The van der Waals surface area contributed by atoms with Crippen molar-refractivity contribution in [3.05, 3.63) is 65.7 Å². The number of rotatable bonds is 10. The molecule has 0 bridgehead atoms. The lowest BCUT2D eigenvalue weighted by molar-refractivity contribution is -0.139. The van der Waals surface area contributed by atoms with Crippen LogP contribution in [0, 0.1) is 0 Å². The third-order valence-corrected chi connectivity index (χ3v) is 6.78. The zero-order valence-electron chi connectivity index (χ0n) is 21.9. The Kier molecular flexibility index (Phi) is 9.49. The summed E-state index contributed by atoms with van der Waals surface area (Å²) in [5.74, 6) is -0.648. The van der Waals surface area contributed by atoms with Crippen molar-refractivity contribution in [1.82, 2.24) is 10.2 Å². The van der Waals surface area contributed by atoms with Crippen LogP contribution in [0.3, 0.4) is 0 Å². The van der Waals surface area contributed by atoms with E-state index in [1.165, 1.54) is 4.90 Å². The maximum absolute atomic E-state index is 13.6. The highest BCUT2D eigenvalue weighted by molar-refractivity contribution is 7.92. The lowest BCUT2D eigenvalue weighted by atomic mass is 10.0. The van der Waals surface area contributed by atoms with Gasteiger partial charge in [0.2, 0.25) is 21.8 Å². The minimum atomic E-state index is -3.76. The molecular formula is C27H39N3O4S. The molecule has 192 valence electrons. The van der Waals surface area contributed by atoms with Crippen LogP contribution in [0.4, 0.5) is 5.69 Å². The fraction of sp³-hybridized carbons (Fsp3) is 0.481. The average Bonchev–Trinajstić information content (AvgIpc) is 2.76. The van der Waals surface area contributed by atoms with Crippen molar-refractivity contribution in [2.24, 2.45) is 0 Å². The SMILES string of the molecule is CC(C)c1ccccc1N(CC(=O)N(CCc1ccccc1)[C@@H](C)C(=O)NC(C)(C)C)S(C)(=O)=O. The van der Waals surface area contributed by atoms with Gasteiger partial charge in [-0.3, -0.25) is 13.9 Å². The Morgan fingerprint density at radius 2 is 1.51 bits per heavy atom. The molecule has 0 saturated heterocycles. The van der Waals surface area contributed by atoms with Crippen molar-refractivity contribution in [2.75, 3.05) is 23.7 Å². The van der Waals surface area contributed by atoms with E-state index in [0.29, 0.717) is 12.1 Å². The fourth-order valence-electron chi connectivity index (χ4n) is 3.84. The van der Waals surface area contributed by atoms with Crippen LogP contribution < -0.4 is 9.62 Å². The van der Waals surface area contributed by atoms with Crippen molar-refractivity contribution in [3.8, 4) is 0 Å². The number of nitrogens with zero attached hydrogens (tertiary/aromatic N) is 2. The molecule has 0 spiro atoms. The number of para-hydroxylation sites is 1. The van der Waals surface area contributed by atoms with Gasteiger partial charge in [0.15, 0.2) is 0 Å². The molecule has 35 heavy (non-hydrogen) atoms. The maximum atomic E-state index is 13.6. The van der Waals surface area contributed by atoms with Gasteiger partial charge in [-0.15, -0.1) is 0 Å². The van der Waals surface area contributed by atoms with E-state index in [1.54, 1.807) is 19.1 Å². The largest absolute Gasteiger partial charge is 0.350 e. The van der Waals surface area contributed by atoms with E-state index in [1.807, 2.05) is 77.1 Å². The van der Waals surface area contributed by atoms with Crippen LogP contribution in [0.1, 0.15) is 58.6 Å². The van der Waals surface area contributed by atoms with Crippen molar-refractivity contribution in [2.45, 2.75) is 65.5 Å². The number of anilines is 1. The minimum Gasteiger partial charge on any atom is -0.350 e. The molecule has 0 unspecified atom stereocenters. The Balaban J connectivity index is 2.39. The molecule has 0 heterocycles. The summed E-state index contributed by atoms with van der Waals surface area (Å²) in [5, 5.41) is 2.93. The molecule has 1 N–H and O–H groups in total. The molecule has 7 nitrogen and oxygen atoms in total. The summed E-state index contributed by atoms with van der Waals surface area (Å²) in [6.07, 6.45) is 1.64. The zero-order valence-corrected chi connectivity index (χ0v) is 22.7. The summed E-state index contributed by atoms with van der Waals surface area (Å²) in [7, 11) is -3.76. The summed E-state index contributed by atoms with van der Waals surface area (Å²) in [4.78, 5) is 28.1. The van der Waals surface area contributed by atoms with Crippen LogP contribution >= 0.6 is 0 Å². The first-order chi connectivity index (χ1) is 16.2. The van der Waals surface area contributed by atoms with Crippen LogP contribution in [0.5, 0.6) is 0 Å². The van der Waals surface area contributed by atoms with E-state index < -0.39 is 27.5 Å². The molecule has 2 aromatic rings. The van der Waals surface area contributed by atoms with E-state index in [9.17, 15) is 18.0 Å². The average molecular weight is 502 g/mol. The molecule has 0 radical (unpaired) electrons. The van der Waals surface area contributed by atoms with Crippen LogP contribution in [0.2, 0.25) is 0 Å². The van der Waals surface area contributed by atoms with E-state index >= 15 is 0 Å². The summed E-state index contributed by atoms with van der Waals surface area (Å²) < 4.78 is 26.8. The smallest absolute Gasteiger partial charge is 0.244 e. The molecule has 0 fully saturated rings. The Morgan fingerprint density at radius 3 is 2.06 bits per heavy atom. The predicted octanol–water partition coefficient (Wildman–Crippen LogP) is 3.95. The molecule has 2 aromatic carbocycles. The fourth-order valence-corrected chi connectivity index (χ4v) is 4.71. The number of nitrogens with one attached hydrogen (secondary N) is 1. The monoisotopic (exact) mass is 501 g/mol. The normalized spacial score (nSPS) is 12.8. The number of hydrogen-bond acceptors (Lipinski definition) is 4. The highest BCUT2D eigenvalue weighted by Crippen LogP contribution is 2.29. The second-order valence-electron chi connectivity index (χ2n) is 10.2. The molecule has 2 rings (SSSR count). The van der Waals surface area contributed by atoms with Gasteiger partial charge in [0.25, 0.3) is 0 Å². The zero-order chi connectivity index (χ0) is 26.4. The Bertz CT molecular complexity index is 1110. The van der Waals surface area contributed by atoms with Crippen LogP contribution in [-0.2, 0) is 26.0 Å². The first-order valence-corrected chi connectivity index (χ1v) is 13.8.